The van der Waals surface area contributed by atoms with E-state index in [4.69, 9.17) is 4.98 Å². The molecule has 0 amide bonds. The minimum atomic E-state index is 0.158. The van der Waals surface area contributed by atoms with E-state index in [0.717, 1.165) is 49.5 Å². The van der Waals surface area contributed by atoms with Gasteiger partial charge >= 0.3 is 0 Å². The molecule has 2 N–H and O–H groups in total. The molecule has 34 heavy (non-hydrogen) atoms. The van der Waals surface area contributed by atoms with Crippen molar-refractivity contribution in [1.82, 2.24) is 34.9 Å². The number of para-hydroxylation sites is 2. The Labute approximate surface area is 200 Å². The van der Waals surface area contributed by atoms with Crippen molar-refractivity contribution >= 4 is 11.0 Å². The fourth-order valence-corrected chi connectivity index (χ4v) is 6.00. The van der Waals surface area contributed by atoms with Gasteiger partial charge < -0.3 is 10.6 Å². The molecule has 0 radical (unpaired) electrons. The largest absolute Gasteiger partial charge is 0.315 e. The first kappa shape index (κ1) is 21.5. The number of aromatic nitrogens is 4. The fraction of sp³-hybridized carbons (Fsp3) is 0.407. The molecule has 0 aliphatic carbocycles. The highest BCUT2D eigenvalue weighted by Gasteiger charge is 2.39. The van der Waals surface area contributed by atoms with Crippen LogP contribution < -0.4 is 10.6 Å². The number of nitrogens with one attached hydrogen (secondary N) is 2. The highest BCUT2D eigenvalue weighted by atomic mass is 15.5. The van der Waals surface area contributed by atoms with Gasteiger partial charge in [0.1, 0.15) is 12.2 Å². The molecular weight excluding hydrogens is 422 g/mol. The van der Waals surface area contributed by atoms with Crippen LogP contribution in [0.3, 0.4) is 0 Å². The lowest BCUT2D eigenvalue weighted by atomic mass is 9.87. The summed E-state index contributed by atoms with van der Waals surface area (Å²) in [7, 11) is 0. The molecule has 176 valence electrons. The lowest BCUT2D eigenvalue weighted by Crippen LogP contribution is -2.50. The van der Waals surface area contributed by atoms with E-state index in [1.165, 1.54) is 12.0 Å². The lowest BCUT2D eigenvalue weighted by Gasteiger charge is -2.39. The van der Waals surface area contributed by atoms with E-state index in [1.807, 2.05) is 18.7 Å². The first-order valence-corrected chi connectivity index (χ1v) is 12.5. The van der Waals surface area contributed by atoms with Crippen LogP contribution in [-0.2, 0) is 0 Å². The summed E-state index contributed by atoms with van der Waals surface area (Å²) in [5.41, 5.74) is 3.57. The van der Waals surface area contributed by atoms with E-state index in [1.54, 1.807) is 0 Å². The van der Waals surface area contributed by atoms with E-state index in [0.29, 0.717) is 18.0 Å². The van der Waals surface area contributed by atoms with Crippen molar-refractivity contribution < 1.29 is 0 Å². The van der Waals surface area contributed by atoms with Gasteiger partial charge in [-0.2, -0.15) is 0 Å². The molecule has 7 heteroatoms. The van der Waals surface area contributed by atoms with Gasteiger partial charge in [-0.25, -0.2) is 19.3 Å². The third kappa shape index (κ3) is 3.83. The molecule has 6 rings (SSSR count). The predicted octanol–water partition coefficient (Wildman–Crippen LogP) is 3.41. The molecule has 4 heterocycles. The Hall–Kier alpha value is -3.00. The molecule has 4 aromatic rings. The van der Waals surface area contributed by atoms with E-state index >= 15 is 0 Å². The average Bonchev–Trinajstić information content (AvgIpc) is 3.61. The van der Waals surface area contributed by atoms with Crippen LogP contribution in [0.1, 0.15) is 43.1 Å². The van der Waals surface area contributed by atoms with Gasteiger partial charge in [-0.15, -0.1) is 0 Å². The van der Waals surface area contributed by atoms with Gasteiger partial charge in [0.15, 0.2) is 0 Å². The molecule has 2 aliphatic heterocycles. The van der Waals surface area contributed by atoms with Crippen LogP contribution in [0, 0.1) is 0 Å². The number of imidazole rings is 2. The maximum Gasteiger partial charge on any atom is 0.148 e. The Balaban J connectivity index is 1.40. The van der Waals surface area contributed by atoms with E-state index in [-0.39, 0.29) is 6.04 Å². The van der Waals surface area contributed by atoms with Crippen LogP contribution >= 0.6 is 0 Å². The molecule has 2 saturated heterocycles. The molecular formula is C27H33N7. The highest BCUT2D eigenvalue weighted by molar-refractivity contribution is 5.76. The SMILES string of the molecule is CC(C1NCCC1c1ccccc1)N1CCCNCC1c1nc2ccccc2n1-n1ccnc1. The topological polar surface area (TPSA) is 62.9 Å². The van der Waals surface area contributed by atoms with Gasteiger partial charge in [0.2, 0.25) is 0 Å². The second kappa shape index (κ2) is 9.33. The van der Waals surface area contributed by atoms with Gasteiger partial charge in [-0.05, 0) is 50.6 Å². The van der Waals surface area contributed by atoms with Crippen molar-refractivity contribution in [3.63, 3.8) is 0 Å². The zero-order chi connectivity index (χ0) is 22.9. The molecule has 2 fully saturated rings. The third-order valence-electron chi connectivity index (χ3n) is 7.63. The normalized spacial score (nSPS) is 24.9. The summed E-state index contributed by atoms with van der Waals surface area (Å²) in [5, 5.41) is 7.55. The summed E-state index contributed by atoms with van der Waals surface area (Å²) in [6, 6.07) is 20.4. The average molecular weight is 456 g/mol. The maximum absolute atomic E-state index is 5.18. The molecule has 2 aromatic carbocycles. The van der Waals surface area contributed by atoms with Crippen LogP contribution in [-0.4, -0.2) is 62.5 Å². The molecule has 0 saturated carbocycles. The van der Waals surface area contributed by atoms with Crippen LogP contribution in [0.25, 0.3) is 11.0 Å². The number of fused-ring (bicyclic) bond motifs is 1. The van der Waals surface area contributed by atoms with Crippen molar-refractivity contribution in [2.24, 2.45) is 0 Å². The summed E-state index contributed by atoms with van der Waals surface area (Å²) in [6.45, 7) is 6.43. The molecule has 4 atom stereocenters. The maximum atomic E-state index is 5.18. The number of benzene rings is 2. The molecule has 0 spiro atoms. The monoisotopic (exact) mass is 455 g/mol. The Morgan fingerprint density at radius 1 is 1.03 bits per heavy atom. The van der Waals surface area contributed by atoms with Gasteiger partial charge in [0.05, 0.1) is 17.1 Å². The van der Waals surface area contributed by atoms with Crippen molar-refractivity contribution in [3.05, 3.63) is 84.7 Å². The minimum Gasteiger partial charge on any atom is -0.315 e. The Bertz CT molecular complexity index is 1220. The summed E-state index contributed by atoms with van der Waals surface area (Å²) in [4.78, 5) is 12.2. The molecule has 0 bridgehead atoms. The number of hydrogen-bond donors (Lipinski definition) is 2. The minimum absolute atomic E-state index is 0.158. The zero-order valence-corrected chi connectivity index (χ0v) is 19.7. The summed E-state index contributed by atoms with van der Waals surface area (Å²) in [6.07, 6.45) is 8.01. The standard InChI is InChI=1S/C27H33N7/c1-20(26-22(12-14-30-26)21-8-3-2-4-9-21)33-16-7-13-28-18-25(33)27-31-23-10-5-6-11-24(23)34(27)32-17-15-29-19-32/h2-6,8-11,15,17,19-20,22,25-26,28,30H,7,12-14,16,18H2,1H3. The second-order valence-corrected chi connectivity index (χ2v) is 9.55. The number of nitrogens with zero attached hydrogens (tertiary/aromatic N) is 5. The summed E-state index contributed by atoms with van der Waals surface area (Å²) < 4.78 is 4.29. The van der Waals surface area contributed by atoms with Crippen LogP contribution in [0.5, 0.6) is 0 Å². The van der Waals surface area contributed by atoms with Crippen molar-refractivity contribution in [2.45, 2.75) is 43.8 Å². The van der Waals surface area contributed by atoms with Crippen LogP contribution in [0.15, 0.2) is 73.3 Å². The first-order valence-electron chi connectivity index (χ1n) is 12.5. The molecule has 7 nitrogen and oxygen atoms in total. The van der Waals surface area contributed by atoms with E-state index in [2.05, 4.69) is 91.4 Å². The Kier molecular flexibility index (Phi) is 5.91. The van der Waals surface area contributed by atoms with Gasteiger partial charge in [-0.3, -0.25) is 4.90 Å². The molecule has 4 unspecified atom stereocenters. The summed E-state index contributed by atoms with van der Waals surface area (Å²) in [5.74, 6) is 1.59. The van der Waals surface area contributed by atoms with Crippen molar-refractivity contribution in [1.29, 1.82) is 0 Å². The van der Waals surface area contributed by atoms with Crippen LogP contribution in [0.2, 0.25) is 0 Å². The third-order valence-corrected chi connectivity index (χ3v) is 7.63. The predicted molar refractivity (Wildman–Crippen MR) is 135 cm³/mol. The highest BCUT2D eigenvalue weighted by Crippen LogP contribution is 2.35. The van der Waals surface area contributed by atoms with Crippen molar-refractivity contribution in [3.8, 4) is 0 Å². The van der Waals surface area contributed by atoms with E-state index in [9.17, 15) is 0 Å². The van der Waals surface area contributed by atoms with Gasteiger partial charge in [0.25, 0.3) is 0 Å². The Morgan fingerprint density at radius 3 is 2.74 bits per heavy atom. The first-order chi connectivity index (χ1) is 16.8. The van der Waals surface area contributed by atoms with Gasteiger partial charge in [0, 0.05) is 43.5 Å². The zero-order valence-electron chi connectivity index (χ0n) is 19.7. The van der Waals surface area contributed by atoms with Crippen LogP contribution in [0.4, 0.5) is 0 Å². The van der Waals surface area contributed by atoms with Gasteiger partial charge in [-0.1, -0.05) is 42.5 Å². The second-order valence-electron chi connectivity index (χ2n) is 9.55. The fourth-order valence-electron chi connectivity index (χ4n) is 6.00. The quantitative estimate of drug-likeness (QED) is 0.483. The van der Waals surface area contributed by atoms with Crippen molar-refractivity contribution in [2.75, 3.05) is 26.2 Å². The van der Waals surface area contributed by atoms with E-state index < -0.39 is 0 Å². The number of hydrogen-bond acceptors (Lipinski definition) is 5. The Morgan fingerprint density at radius 2 is 1.88 bits per heavy atom. The lowest BCUT2D eigenvalue weighted by molar-refractivity contribution is 0.116. The molecule has 2 aliphatic rings. The summed E-state index contributed by atoms with van der Waals surface area (Å²) >= 11 is 0. The molecule has 2 aromatic heterocycles. The smallest absolute Gasteiger partial charge is 0.148 e. The number of rotatable bonds is 5.